The number of hydrogen-bond acceptors (Lipinski definition) is 4. The van der Waals surface area contributed by atoms with Crippen LogP contribution < -0.4 is 10.9 Å². The van der Waals surface area contributed by atoms with Crippen molar-refractivity contribution in [2.24, 2.45) is 0 Å². The molecule has 7 nitrogen and oxygen atoms in total. The van der Waals surface area contributed by atoms with E-state index in [-0.39, 0.29) is 22.6 Å². The van der Waals surface area contributed by atoms with Crippen LogP contribution in [0, 0.1) is 6.92 Å². The molecule has 178 valence electrons. The van der Waals surface area contributed by atoms with E-state index in [1.807, 2.05) is 31.2 Å². The number of pyridine rings is 1. The van der Waals surface area contributed by atoms with Crippen molar-refractivity contribution in [1.82, 2.24) is 14.2 Å². The molecule has 0 unspecified atom stereocenters. The third-order valence-electron chi connectivity index (χ3n) is 6.03. The van der Waals surface area contributed by atoms with Gasteiger partial charge in [0.05, 0.1) is 11.4 Å². The van der Waals surface area contributed by atoms with E-state index < -0.39 is 15.9 Å². The van der Waals surface area contributed by atoms with Gasteiger partial charge < -0.3 is 9.88 Å². The van der Waals surface area contributed by atoms with Gasteiger partial charge in [-0.15, -0.1) is 0 Å². The van der Waals surface area contributed by atoms with Crippen LogP contribution in [0.2, 0.25) is 0 Å². The molecule has 1 amide bonds. The van der Waals surface area contributed by atoms with Crippen molar-refractivity contribution >= 4 is 15.9 Å². The Morgan fingerprint density at radius 2 is 1.68 bits per heavy atom. The highest BCUT2D eigenvalue weighted by Crippen LogP contribution is 2.20. The van der Waals surface area contributed by atoms with Crippen molar-refractivity contribution in [2.75, 3.05) is 13.1 Å². The van der Waals surface area contributed by atoms with Crippen molar-refractivity contribution in [3.63, 3.8) is 0 Å². The zero-order valence-electron chi connectivity index (χ0n) is 19.2. The number of rotatable bonds is 7. The smallest absolute Gasteiger partial charge is 0.263 e. The molecular weight excluding hydrogens is 450 g/mol. The Balaban J connectivity index is 1.41. The first-order valence-corrected chi connectivity index (χ1v) is 12.9. The molecule has 0 aliphatic carbocycles. The van der Waals surface area contributed by atoms with Gasteiger partial charge in [-0.1, -0.05) is 48.4 Å². The molecule has 1 aromatic heterocycles. The van der Waals surface area contributed by atoms with Crippen LogP contribution in [0.4, 0.5) is 0 Å². The van der Waals surface area contributed by atoms with Gasteiger partial charge in [-0.2, -0.15) is 4.31 Å². The van der Waals surface area contributed by atoms with E-state index in [0.717, 1.165) is 36.0 Å². The molecule has 0 radical (unpaired) electrons. The maximum Gasteiger partial charge on any atom is 0.263 e. The van der Waals surface area contributed by atoms with E-state index in [9.17, 15) is 18.0 Å². The van der Waals surface area contributed by atoms with Crippen molar-refractivity contribution < 1.29 is 13.2 Å². The van der Waals surface area contributed by atoms with E-state index in [1.54, 1.807) is 36.5 Å². The standard InChI is InChI=1S/C26H29N3O4S/c1-20-7-5-8-22(17-20)19-28-14-6-9-24(26(28)31)25(30)27-18-21-10-12-23(13-11-21)34(32,33)29-15-3-2-4-16-29/h5-14,17H,2-4,15-16,18-19H2,1H3,(H,27,30). The highest BCUT2D eigenvalue weighted by atomic mass is 32.2. The molecule has 0 atom stereocenters. The summed E-state index contributed by atoms with van der Waals surface area (Å²) < 4.78 is 28.6. The number of nitrogens with one attached hydrogen (secondary N) is 1. The lowest BCUT2D eigenvalue weighted by Crippen LogP contribution is -2.35. The quantitative estimate of drug-likeness (QED) is 0.563. The van der Waals surface area contributed by atoms with Crippen LogP contribution in [-0.2, 0) is 23.1 Å². The van der Waals surface area contributed by atoms with Crippen molar-refractivity contribution in [3.8, 4) is 0 Å². The molecule has 0 saturated carbocycles. The fraction of sp³-hybridized carbons (Fsp3) is 0.308. The molecule has 0 bridgehead atoms. The number of carbonyl (C=O) groups is 1. The van der Waals surface area contributed by atoms with E-state index >= 15 is 0 Å². The van der Waals surface area contributed by atoms with Gasteiger partial charge in [-0.05, 0) is 55.2 Å². The van der Waals surface area contributed by atoms with Crippen LogP contribution in [0.1, 0.15) is 46.3 Å². The molecule has 1 aliphatic heterocycles. The number of sulfonamides is 1. The van der Waals surface area contributed by atoms with E-state index in [2.05, 4.69) is 5.32 Å². The lowest BCUT2D eigenvalue weighted by atomic mass is 10.1. The van der Waals surface area contributed by atoms with Crippen LogP contribution >= 0.6 is 0 Å². The largest absolute Gasteiger partial charge is 0.348 e. The molecular formula is C26H29N3O4S. The molecule has 4 rings (SSSR count). The van der Waals surface area contributed by atoms with Gasteiger partial charge in [0, 0.05) is 25.8 Å². The van der Waals surface area contributed by atoms with Crippen LogP contribution in [0.25, 0.3) is 0 Å². The molecule has 3 aromatic rings. The van der Waals surface area contributed by atoms with Crippen LogP contribution in [0.3, 0.4) is 0 Å². The molecule has 8 heteroatoms. The second-order valence-corrected chi connectivity index (χ2v) is 10.6. The summed E-state index contributed by atoms with van der Waals surface area (Å²) in [6.07, 6.45) is 4.50. The second-order valence-electron chi connectivity index (χ2n) is 8.64. The first-order valence-electron chi connectivity index (χ1n) is 11.5. The normalized spacial score (nSPS) is 14.6. The molecule has 2 heterocycles. The third-order valence-corrected chi connectivity index (χ3v) is 7.94. The lowest BCUT2D eigenvalue weighted by Gasteiger charge is -2.25. The van der Waals surface area contributed by atoms with Gasteiger partial charge in [0.1, 0.15) is 5.56 Å². The SMILES string of the molecule is Cc1cccc(Cn2cccc(C(=O)NCc3ccc(S(=O)(=O)N4CCCCC4)cc3)c2=O)c1. The maximum absolute atomic E-state index is 12.8. The van der Waals surface area contributed by atoms with E-state index in [1.165, 1.54) is 14.9 Å². The molecule has 1 aliphatic rings. The summed E-state index contributed by atoms with van der Waals surface area (Å²) in [4.78, 5) is 25.8. The Morgan fingerprint density at radius 1 is 0.941 bits per heavy atom. The fourth-order valence-corrected chi connectivity index (χ4v) is 5.67. The summed E-state index contributed by atoms with van der Waals surface area (Å²) >= 11 is 0. The van der Waals surface area contributed by atoms with Gasteiger partial charge >= 0.3 is 0 Å². The summed E-state index contributed by atoms with van der Waals surface area (Å²) in [6.45, 7) is 3.67. The summed E-state index contributed by atoms with van der Waals surface area (Å²) in [5.41, 5.74) is 2.55. The second kappa shape index (κ2) is 10.4. The van der Waals surface area contributed by atoms with Crippen LogP contribution in [0.15, 0.2) is 76.6 Å². The summed E-state index contributed by atoms with van der Waals surface area (Å²) in [7, 11) is -3.49. The number of aromatic nitrogens is 1. The lowest BCUT2D eigenvalue weighted by molar-refractivity contribution is 0.0948. The minimum Gasteiger partial charge on any atom is -0.348 e. The summed E-state index contributed by atoms with van der Waals surface area (Å²) in [5.74, 6) is -0.464. The topological polar surface area (TPSA) is 88.5 Å². The molecule has 1 saturated heterocycles. The highest BCUT2D eigenvalue weighted by Gasteiger charge is 2.25. The first-order chi connectivity index (χ1) is 16.3. The Labute approximate surface area is 200 Å². The average Bonchev–Trinajstić information content (AvgIpc) is 2.85. The highest BCUT2D eigenvalue weighted by molar-refractivity contribution is 7.89. The van der Waals surface area contributed by atoms with Crippen LogP contribution in [0.5, 0.6) is 0 Å². The van der Waals surface area contributed by atoms with Crippen molar-refractivity contribution in [2.45, 2.75) is 44.2 Å². The number of amides is 1. The van der Waals surface area contributed by atoms with Gasteiger partial charge in [0.25, 0.3) is 11.5 Å². The monoisotopic (exact) mass is 479 g/mol. The van der Waals surface area contributed by atoms with Crippen LogP contribution in [-0.4, -0.2) is 36.3 Å². The number of hydrogen-bond donors (Lipinski definition) is 1. The fourth-order valence-electron chi connectivity index (χ4n) is 4.15. The Bertz CT molecular complexity index is 1320. The first kappa shape index (κ1) is 23.9. The average molecular weight is 480 g/mol. The van der Waals surface area contributed by atoms with Gasteiger partial charge in [-0.25, -0.2) is 8.42 Å². The Kier molecular flexibility index (Phi) is 7.29. The molecule has 0 spiro atoms. The Morgan fingerprint density at radius 3 is 2.38 bits per heavy atom. The molecule has 1 N–H and O–H groups in total. The van der Waals surface area contributed by atoms with Crippen molar-refractivity contribution in [1.29, 1.82) is 0 Å². The minimum absolute atomic E-state index is 0.0689. The van der Waals surface area contributed by atoms with Gasteiger partial charge in [0.2, 0.25) is 10.0 Å². The number of aryl methyl sites for hydroxylation is 1. The minimum atomic E-state index is -3.49. The predicted molar refractivity (Wildman–Crippen MR) is 131 cm³/mol. The van der Waals surface area contributed by atoms with Gasteiger partial charge in [0.15, 0.2) is 0 Å². The van der Waals surface area contributed by atoms with Crippen molar-refractivity contribution in [3.05, 3.63) is 99.5 Å². The number of carbonyl (C=O) groups excluding carboxylic acids is 1. The molecule has 1 fully saturated rings. The number of benzene rings is 2. The molecule has 2 aromatic carbocycles. The summed E-state index contributed by atoms with van der Waals surface area (Å²) in [6, 6.07) is 17.6. The van der Waals surface area contributed by atoms with E-state index in [0.29, 0.717) is 19.6 Å². The zero-order chi connectivity index (χ0) is 24.1. The third kappa shape index (κ3) is 5.46. The number of piperidine rings is 1. The predicted octanol–water partition coefficient (Wildman–Crippen LogP) is 3.31. The Hall–Kier alpha value is -3.23. The summed E-state index contributed by atoms with van der Waals surface area (Å²) in [5, 5.41) is 2.77. The molecule has 34 heavy (non-hydrogen) atoms. The number of nitrogens with zero attached hydrogens (tertiary/aromatic N) is 2. The van der Waals surface area contributed by atoms with Gasteiger partial charge in [-0.3, -0.25) is 9.59 Å². The zero-order valence-corrected chi connectivity index (χ0v) is 20.1. The maximum atomic E-state index is 12.8. The van der Waals surface area contributed by atoms with E-state index in [4.69, 9.17) is 0 Å².